The summed E-state index contributed by atoms with van der Waals surface area (Å²) in [4.78, 5) is 11.9. The fourth-order valence-electron chi connectivity index (χ4n) is 5.47. The van der Waals surface area contributed by atoms with Gasteiger partial charge in [0, 0.05) is 22.7 Å². The Morgan fingerprint density at radius 2 is 1.41 bits per heavy atom. The molecule has 5 heteroatoms. The zero-order chi connectivity index (χ0) is 26.3. The first-order valence-corrected chi connectivity index (χ1v) is 12.5. The molecule has 0 bridgehead atoms. The summed E-state index contributed by atoms with van der Waals surface area (Å²) < 4.78 is 2.30. The Balaban J connectivity index is 1.63. The van der Waals surface area contributed by atoms with Crippen molar-refractivity contribution in [2.75, 3.05) is 0 Å². The minimum Gasteiger partial charge on any atom is -0.361 e. The van der Waals surface area contributed by atoms with Gasteiger partial charge in [0.15, 0.2) is 0 Å². The van der Waals surface area contributed by atoms with Crippen molar-refractivity contribution in [2.24, 2.45) is 0 Å². The molecule has 0 saturated heterocycles. The molecule has 0 saturated carbocycles. The second-order valence-electron chi connectivity index (χ2n) is 9.32. The van der Waals surface area contributed by atoms with Crippen LogP contribution in [0.15, 0.2) is 116 Å². The molecule has 180 valence electrons. The molecule has 3 heterocycles. The highest BCUT2D eigenvalue weighted by Gasteiger charge is 2.19. The van der Waals surface area contributed by atoms with Crippen LogP contribution in [-0.4, -0.2) is 14.5 Å². The molecule has 39 heavy (non-hydrogen) atoms. The minimum atomic E-state index is 0.374. The topological polar surface area (TPSA) is 58.9 Å². The first-order chi connectivity index (χ1) is 19.2. The molecule has 5 nitrogen and oxygen atoms in total. The molecule has 0 radical (unpaired) electrons. The van der Waals surface area contributed by atoms with E-state index in [-0.39, 0.29) is 0 Å². The number of fused-ring (bicyclic) bond motifs is 5. The van der Waals surface area contributed by atoms with Gasteiger partial charge in [-0.25, -0.2) is 4.98 Å². The number of hydrogen-bond acceptors (Lipinski definition) is 3. The number of nitriles is 1. The Kier molecular flexibility index (Phi) is 5.15. The molecule has 4 aromatic carbocycles. The van der Waals surface area contributed by atoms with Crippen LogP contribution >= 0.6 is 0 Å². The van der Waals surface area contributed by atoms with Crippen molar-refractivity contribution >= 4 is 38.4 Å². The highest BCUT2D eigenvalue weighted by Crippen LogP contribution is 2.42. The molecule has 0 spiro atoms. The Hall–Kier alpha value is -5.78. The fraction of sp³-hybridized carbons (Fsp3) is 0. The summed E-state index contributed by atoms with van der Waals surface area (Å²) in [5.74, 6) is 0.374. The summed E-state index contributed by atoms with van der Waals surface area (Å²) >= 11 is 0. The Labute approximate surface area is 224 Å². The smallest absolute Gasteiger partial charge is 0.270 e. The maximum absolute atomic E-state index is 9.39. The standard InChI is InChI=1S/C34H19N5/c1-36-33-19-24(14-16-38-33)30-20-32-34(28-10-6-5-9-27(28)30)29-12-11-22(23-13-15-37-25(17-23)21-35)18-31(29)39(32)26-7-3-2-4-8-26/h2-20H. The molecule has 0 aliphatic heterocycles. The summed E-state index contributed by atoms with van der Waals surface area (Å²) in [7, 11) is 0. The molecule has 0 amide bonds. The van der Waals surface area contributed by atoms with E-state index in [1.54, 1.807) is 12.4 Å². The van der Waals surface area contributed by atoms with Crippen LogP contribution in [0.25, 0.3) is 65.4 Å². The van der Waals surface area contributed by atoms with Gasteiger partial charge in [-0.15, -0.1) is 4.98 Å². The number of nitrogens with zero attached hydrogens (tertiary/aromatic N) is 5. The first-order valence-electron chi connectivity index (χ1n) is 12.5. The van der Waals surface area contributed by atoms with E-state index in [0.717, 1.165) is 55.1 Å². The molecule has 7 rings (SSSR count). The normalized spacial score (nSPS) is 11.0. The molecular formula is C34H19N5. The second kappa shape index (κ2) is 8.95. The van der Waals surface area contributed by atoms with E-state index in [1.165, 1.54) is 5.39 Å². The molecule has 7 aromatic rings. The quantitative estimate of drug-likeness (QED) is 0.230. The van der Waals surface area contributed by atoms with Crippen LogP contribution in [0, 0.1) is 17.9 Å². The van der Waals surface area contributed by atoms with Gasteiger partial charge in [0.2, 0.25) is 0 Å². The number of aromatic nitrogens is 3. The van der Waals surface area contributed by atoms with Gasteiger partial charge < -0.3 is 9.41 Å². The van der Waals surface area contributed by atoms with E-state index < -0.39 is 0 Å². The largest absolute Gasteiger partial charge is 0.361 e. The van der Waals surface area contributed by atoms with Crippen molar-refractivity contribution in [3.63, 3.8) is 0 Å². The molecule has 0 aliphatic rings. The van der Waals surface area contributed by atoms with Gasteiger partial charge in [-0.3, -0.25) is 0 Å². The zero-order valence-electron chi connectivity index (χ0n) is 20.7. The molecule has 0 N–H and O–H groups in total. The lowest BCUT2D eigenvalue weighted by Gasteiger charge is -2.12. The number of hydrogen-bond donors (Lipinski definition) is 0. The first kappa shape index (κ1) is 22.4. The van der Waals surface area contributed by atoms with Crippen LogP contribution in [0.3, 0.4) is 0 Å². The van der Waals surface area contributed by atoms with Crippen LogP contribution in [0.1, 0.15) is 5.69 Å². The average Bonchev–Trinajstić information content (AvgIpc) is 3.34. The van der Waals surface area contributed by atoms with Gasteiger partial charge in [0.05, 0.1) is 11.0 Å². The highest BCUT2D eigenvalue weighted by atomic mass is 15.0. The lowest BCUT2D eigenvalue weighted by molar-refractivity contribution is 1.18. The summed E-state index contributed by atoms with van der Waals surface area (Å²) in [6, 6.07) is 37.2. The number of pyridine rings is 2. The Bertz CT molecular complexity index is 2140. The maximum atomic E-state index is 9.39. The number of benzene rings is 4. The summed E-state index contributed by atoms with van der Waals surface area (Å²) in [5, 5.41) is 14.0. The summed E-state index contributed by atoms with van der Waals surface area (Å²) in [5.41, 5.74) is 7.57. The van der Waals surface area contributed by atoms with E-state index in [0.29, 0.717) is 11.5 Å². The lowest BCUT2D eigenvalue weighted by Crippen LogP contribution is -1.94. The van der Waals surface area contributed by atoms with E-state index in [1.807, 2.05) is 42.5 Å². The second-order valence-corrected chi connectivity index (χ2v) is 9.32. The molecule has 0 atom stereocenters. The monoisotopic (exact) mass is 497 g/mol. The molecule has 3 aromatic heterocycles. The van der Waals surface area contributed by atoms with Gasteiger partial charge in [0.25, 0.3) is 5.82 Å². The maximum Gasteiger partial charge on any atom is 0.270 e. The van der Waals surface area contributed by atoms with Crippen LogP contribution in [0.2, 0.25) is 0 Å². The predicted molar refractivity (Wildman–Crippen MR) is 156 cm³/mol. The molecule has 0 unspecified atom stereocenters. The highest BCUT2D eigenvalue weighted by molar-refractivity contribution is 6.24. The van der Waals surface area contributed by atoms with Gasteiger partial charge in [0.1, 0.15) is 18.0 Å². The van der Waals surface area contributed by atoms with Gasteiger partial charge >= 0.3 is 0 Å². The zero-order valence-corrected chi connectivity index (χ0v) is 20.7. The van der Waals surface area contributed by atoms with Crippen LogP contribution in [0.4, 0.5) is 5.82 Å². The van der Waals surface area contributed by atoms with Gasteiger partial charge in [-0.05, 0) is 81.6 Å². The third-order valence-electron chi connectivity index (χ3n) is 7.17. The Morgan fingerprint density at radius 3 is 2.23 bits per heavy atom. The van der Waals surface area contributed by atoms with Crippen molar-refractivity contribution < 1.29 is 0 Å². The van der Waals surface area contributed by atoms with Gasteiger partial charge in [-0.1, -0.05) is 61.2 Å². The summed E-state index contributed by atoms with van der Waals surface area (Å²) in [6.07, 6.45) is 3.38. The van der Waals surface area contributed by atoms with E-state index in [4.69, 9.17) is 6.57 Å². The lowest BCUT2D eigenvalue weighted by atomic mass is 9.95. The SMILES string of the molecule is [C-]#[N+]c1cc(-c2cc3c(c4ccccc24)c2ccc(-c4ccnc(C#N)c4)cc2n3-c2ccccc2)ccn1. The summed E-state index contributed by atoms with van der Waals surface area (Å²) in [6.45, 7) is 7.47. The number of rotatable bonds is 3. The molecule has 0 fully saturated rings. The van der Waals surface area contributed by atoms with Gasteiger partial charge in [-0.2, -0.15) is 5.26 Å². The van der Waals surface area contributed by atoms with Crippen molar-refractivity contribution in [1.82, 2.24) is 14.5 Å². The van der Waals surface area contributed by atoms with Crippen LogP contribution < -0.4 is 0 Å². The van der Waals surface area contributed by atoms with Crippen molar-refractivity contribution in [1.29, 1.82) is 5.26 Å². The molecular weight excluding hydrogens is 478 g/mol. The van der Waals surface area contributed by atoms with E-state index in [9.17, 15) is 5.26 Å². The minimum absolute atomic E-state index is 0.374. The fourth-order valence-corrected chi connectivity index (χ4v) is 5.47. The van der Waals surface area contributed by atoms with Crippen molar-refractivity contribution in [2.45, 2.75) is 0 Å². The van der Waals surface area contributed by atoms with E-state index in [2.05, 4.69) is 86.1 Å². The Morgan fingerprint density at radius 1 is 0.667 bits per heavy atom. The third kappa shape index (κ3) is 3.62. The predicted octanol–water partition coefficient (Wildman–Crippen LogP) is 8.48. The van der Waals surface area contributed by atoms with E-state index >= 15 is 0 Å². The molecule has 0 aliphatic carbocycles. The average molecular weight is 498 g/mol. The van der Waals surface area contributed by atoms with Crippen LogP contribution in [-0.2, 0) is 0 Å². The third-order valence-corrected chi connectivity index (χ3v) is 7.17. The van der Waals surface area contributed by atoms with Crippen molar-refractivity contribution in [3.8, 4) is 34.0 Å². The van der Waals surface area contributed by atoms with Crippen LogP contribution in [0.5, 0.6) is 0 Å². The van der Waals surface area contributed by atoms with Crippen molar-refractivity contribution in [3.05, 3.63) is 133 Å². The number of para-hydroxylation sites is 1.